The molecule has 0 aliphatic carbocycles. The summed E-state index contributed by atoms with van der Waals surface area (Å²) >= 11 is 5.88. The highest BCUT2D eigenvalue weighted by Gasteiger charge is 2.21. The zero-order valence-electron chi connectivity index (χ0n) is 10.2. The van der Waals surface area contributed by atoms with Crippen molar-refractivity contribution in [1.82, 2.24) is 4.90 Å². The number of likely N-dealkylation sites (tertiary alicyclic amines) is 1. The number of rotatable bonds is 4. The molecule has 1 aromatic carbocycles. The minimum absolute atomic E-state index is 0.588. The molecule has 0 N–H and O–H groups in total. The first-order chi connectivity index (χ1) is 8.29. The van der Waals surface area contributed by atoms with Gasteiger partial charge in [0.05, 0.1) is 0 Å². The molecule has 0 radical (unpaired) electrons. The fraction of sp³-hybridized carbons (Fsp3) is 0.467. The monoisotopic (exact) mass is 249 g/mol. The molecule has 1 fully saturated rings. The van der Waals surface area contributed by atoms with Crippen molar-refractivity contribution in [2.24, 2.45) is 5.92 Å². The predicted octanol–water partition coefficient (Wildman–Crippen LogP) is 3.69. The minimum Gasteiger partial charge on any atom is -0.298 e. The lowest BCUT2D eigenvalue weighted by Crippen LogP contribution is -2.35. The van der Waals surface area contributed by atoms with Crippen LogP contribution in [0.15, 0.2) is 42.5 Å². The van der Waals surface area contributed by atoms with Crippen molar-refractivity contribution in [1.29, 1.82) is 0 Å². The summed E-state index contributed by atoms with van der Waals surface area (Å²) < 4.78 is 0. The second kappa shape index (κ2) is 6.23. The Morgan fingerprint density at radius 3 is 2.82 bits per heavy atom. The minimum atomic E-state index is 0.588. The Bertz CT molecular complexity index is 360. The summed E-state index contributed by atoms with van der Waals surface area (Å²) in [4.78, 5) is 2.52. The van der Waals surface area contributed by atoms with Crippen LogP contribution in [0.25, 0.3) is 0 Å². The topological polar surface area (TPSA) is 3.24 Å². The van der Waals surface area contributed by atoms with Gasteiger partial charge in [-0.05, 0) is 30.9 Å². The van der Waals surface area contributed by atoms with Crippen LogP contribution in [0.1, 0.15) is 18.4 Å². The number of hydrogen-bond acceptors (Lipinski definition) is 1. The molecular formula is C15H20ClN. The Hall–Kier alpha value is -0.790. The molecule has 0 aromatic heterocycles. The van der Waals surface area contributed by atoms with Crippen LogP contribution in [0.4, 0.5) is 0 Å². The predicted molar refractivity (Wildman–Crippen MR) is 74.3 cm³/mol. The highest BCUT2D eigenvalue weighted by Crippen LogP contribution is 2.24. The van der Waals surface area contributed by atoms with Gasteiger partial charge in [0.15, 0.2) is 0 Å². The molecule has 0 bridgehead atoms. The third-order valence-electron chi connectivity index (χ3n) is 3.50. The number of halogens is 1. The van der Waals surface area contributed by atoms with Crippen molar-refractivity contribution >= 4 is 11.6 Å². The van der Waals surface area contributed by atoms with Crippen LogP contribution in [0, 0.1) is 5.92 Å². The zero-order valence-corrected chi connectivity index (χ0v) is 11.0. The summed E-state index contributed by atoms with van der Waals surface area (Å²) in [5.41, 5.74) is 2.59. The molecule has 1 heterocycles. The van der Waals surface area contributed by atoms with Crippen LogP contribution in [-0.4, -0.2) is 23.9 Å². The van der Waals surface area contributed by atoms with Crippen LogP contribution in [0.5, 0.6) is 0 Å². The van der Waals surface area contributed by atoms with Gasteiger partial charge in [-0.1, -0.05) is 42.5 Å². The molecule has 1 aliphatic rings. The molecule has 1 aliphatic heterocycles. The first kappa shape index (κ1) is 12.7. The summed E-state index contributed by atoms with van der Waals surface area (Å²) in [5.74, 6) is 1.19. The highest BCUT2D eigenvalue weighted by atomic mass is 35.5. The van der Waals surface area contributed by atoms with E-state index in [9.17, 15) is 0 Å². The van der Waals surface area contributed by atoms with Gasteiger partial charge in [0, 0.05) is 19.0 Å². The van der Waals surface area contributed by atoms with E-state index in [1.807, 2.05) is 0 Å². The van der Waals surface area contributed by atoms with Gasteiger partial charge in [-0.15, -0.1) is 11.6 Å². The van der Waals surface area contributed by atoms with Gasteiger partial charge in [-0.2, -0.15) is 0 Å². The van der Waals surface area contributed by atoms with E-state index in [1.165, 1.54) is 30.5 Å². The third-order valence-corrected chi connectivity index (χ3v) is 3.85. The van der Waals surface area contributed by atoms with E-state index in [-0.39, 0.29) is 0 Å². The van der Waals surface area contributed by atoms with E-state index in [4.69, 9.17) is 11.6 Å². The molecule has 1 aromatic rings. The van der Waals surface area contributed by atoms with Gasteiger partial charge in [0.2, 0.25) is 0 Å². The Morgan fingerprint density at radius 1 is 1.35 bits per heavy atom. The number of hydrogen-bond donors (Lipinski definition) is 0. The van der Waals surface area contributed by atoms with Crippen LogP contribution in [0.3, 0.4) is 0 Å². The fourth-order valence-corrected chi connectivity index (χ4v) is 2.70. The average molecular weight is 250 g/mol. The molecule has 1 nitrogen and oxygen atoms in total. The summed E-state index contributed by atoms with van der Waals surface area (Å²) in [6, 6.07) is 10.7. The van der Waals surface area contributed by atoms with Crippen molar-refractivity contribution in [3.63, 3.8) is 0 Å². The van der Waals surface area contributed by atoms with Gasteiger partial charge < -0.3 is 0 Å². The van der Waals surface area contributed by atoms with E-state index in [0.29, 0.717) is 11.8 Å². The van der Waals surface area contributed by atoms with Crippen LogP contribution in [0.2, 0.25) is 0 Å². The fourth-order valence-electron chi connectivity index (χ4n) is 2.48. The molecule has 17 heavy (non-hydrogen) atoms. The van der Waals surface area contributed by atoms with Crippen molar-refractivity contribution in [3.8, 4) is 0 Å². The second-order valence-corrected chi connectivity index (χ2v) is 5.12. The van der Waals surface area contributed by atoms with Crippen molar-refractivity contribution in [3.05, 3.63) is 48.0 Å². The lowest BCUT2D eigenvalue weighted by molar-refractivity contribution is 0.184. The number of nitrogens with zero attached hydrogens (tertiary/aromatic N) is 1. The van der Waals surface area contributed by atoms with E-state index in [1.54, 1.807) is 0 Å². The molecule has 0 amide bonds. The van der Waals surface area contributed by atoms with E-state index in [2.05, 4.69) is 41.8 Å². The smallest absolute Gasteiger partial charge is 0.0434 e. The molecule has 1 unspecified atom stereocenters. The zero-order chi connectivity index (χ0) is 12.1. The molecule has 92 valence electrons. The number of piperidine rings is 1. The lowest BCUT2D eigenvalue weighted by atomic mass is 9.92. The van der Waals surface area contributed by atoms with Gasteiger partial charge in [0.1, 0.15) is 0 Å². The van der Waals surface area contributed by atoms with Crippen LogP contribution < -0.4 is 0 Å². The Balaban J connectivity index is 1.92. The maximum absolute atomic E-state index is 5.88. The largest absolute Gasteiger partial charge is 0.298 e. The Kier molecular flexibility index (Phi) is 4.64. The molecule has 1 atom stereocenters. The van der Waals surface area contributed by atoms with E-state index in [0.717, 1.165) is 13.1 Å². The first-order valence-electron chi connectivity index (χ1n) is 6.29. The summed E-state index contributed by atoms with van der Waals surface area (Å²) in [6.45, 7) is 7.44. The van der Waals surface area contributed by atoms with Gasteiger partial charge in [-0.25, -0.2) is 0 Å². The summed E-state index contributed by atoms with van der Waals surface area (Å²) in [7, 11) is 0. The third kappa shape index (κ3) is 3.58. The highest BCUT2D eigenvalue weighted by molar-refractivity contribution is 6.19. The number of alkyl halides is 1. The molecule has 0 spiro atoms. The maximum atomic E-state index is 5.88. The lowest BCUT2D eigenvalue weighted by Gasteiger charge is -2.33. The molecule has 0 saturated carbocycles. The Labute approximate surface area is 109 Å². The van der Waals surface area contributed by atoms with Gasteiger partial charge >= 0.3 is 0 Å². The standard InChI is InChI=1S/C15H20ClN/c1-13(10-16)15-8-5-9-17(12-15)11-14-6-3-2-4-7-14/h2-4,6-7,15H,1,5,8-12H2. The van der Waals surface area contributed by atoms with Crippen molar-refractivity contribution < 1.29 is 0 Å². The first-order valence-corrected chi connectivity index (χ1v) is 6.83. The molecule has 1 saturated heterocycles. The Morgan fingerprint density at radius 2 is 2.12 bits per heavy atom. The summed E-state index contributed by atoms with van der Waals surface area (Å²) in [6.07, 6.45) is 2.50. The molecule has 2 heteroatoms. The van der Waals surface area contributed by atoms with Gasteiger partial charge in [0.25, 0.3) is 0 Å². The van der Waals surface area contributed by atoms with E-state index < -0.39 is 0 Å². The second-order valence-electron chi connectivity index (χ2n) is 4.85. The van der Waals surface area contributed by atoms with Gasteiger partial charge in [-0.3, -0.25) is 4.90 Å². The van der Waals surface area contributed by atoms with Crippen molar-refractivity contribution in [2.45, 2.75) is 19.4 Å². The number of benzene rings is 1. The van der Waals surface area contributed by atoms with E-state index >= 15 is 0 Å². The maximum Gasteiger partial charge on any atom is 0.0434 e. The molecular weight excluding hydrogens is 230 g/mol. The van der Waals surface area contributed by atoms with Crippen LogP contribution >= 0.6 is 11.6 Å². The summed E-state index contributed by atoms with van der Waals surface area (Å²) in [5, 5.41) is 0. The quantitative estimate of drug-likeness (QED) is 0.581. The molecule has 2 rings (SSSR count). The SMILES string of the molecule is C=C(CCl)C1CCCN(Cc2ccccc2)C1. The normalized spacial score (nSPS) is 21.4. The van der Waals surface area contributed by atoms with Crippen LogP contribution in [-0.2, 0) is 6.54 Å². The average Bonchev–Trinajstić information content (AvgIpc) is 2.39. The van der Waals surface area contributed by atoms with Crippen molar-refractivity contribution in [2.75, 3.05) is 19.0 Å².